The average molecular weight is 519 g/mol. The summed E-state index contributed by atoms with van der Waals surface area (Å²) in [5.41, 5.74) is 4.03. The molecule has 0 spiro atoms. The number of aromatic nitrogens is 5. The molecule has 0 bridgehead atoms. The Labute approximate surface area is 219 Å². The summed E-state index contributed by atoms with van der Waals surface area (Å²) < 4.78 is 8.16. The quantitative estimate of drug-likeness (QED) is 0.410. The maximum atomic E-state index is 12.9. The third-order valence-electron chi connectivity index (χ3n) is 7.00. The van der Waals surface area contributed by atoms with E-state index in [0.717, 1.165) is 24.1 Å². The highest BCUT2D eigenvalue weighted by molar-refractivity contribution is 6.33. The summed E-state index contributed by atoms with van der Waals surface area (Å²) in [6, 6.07) is 9.18. The van der Waals surface area contributed by atoms with Crippen LogP contribution in [0.2, 0.25) is 5.02 Å². The van der Waals surface area contributed by atoms with Crippen LogP contribution in [0.3, 0.4) is 0 Å². The van der Waals surface area contributed by atoms with Crippen molar-refractivity contribution in [3.05, 3.63) is 64.7 Å². The first-order valence-electron chi connectivity index (χ1n) is 12.4. The van der Waals surface area contributed by atoms with Gasteiger partial charge in [0, 0.05) is 30.4 Å². The predicted molar refractivity (Wildman–Crippen MR) is 139 cm³/mol. The van der Waals surface area contributed by atoms with E-state index >= 15 is 0 Å². The molecule has 1 aliphatic carbocycles. The fourth-order valence-corrected chi connectivity index (χ4v) is 4.91. The minimum atomic E-state index is -0.482. The maximum Gasteiger partial charge on any atom is 0.253 e. The van der Waals surface area contributed by atoms with Crippen molar-refractivity contribution in [2.75, 3.05) is 13.1 Å². The number of aryl methyl sites for hydroxylation is 1. The molecule has 1 atom stereocenters. The van der Waals surface area contributed by atoms with Gasteiger partial charge in [0.2, 0.25) is 5.88 Å². The molecule has 1 saturated carbocycles. The van der Waals surface area contributed by atoms with Crippen LogP contribution >= 0.6 is 11.6 Å². The van der Waals surface area contributed by atoms with Crippen molar-refractivity contribution in [2.45, 2.75) is 51.4 Å². The Kier molecular flexibility index (Phi) is 5.84. The zero-order valence-electron chi connectivity index (χ0n) is 20.7. The highest BCUT2D eigenvalue weighted by Gasteiger charge is 2.41. The molecule has 4 heterocycles. The third-order valence-corrected chi connectivity index (χ3v) is 7.31. The summed E-state index contributed by atoms with van der Waals surface area (Å²) >= 11 is 6.77. The molecule has 4 aromatic rings. The molecule has 9 nitrogen and oxygen atoms in total. The van der Waals surface area contributed by atoms with E-state index < -0.39 is 6.10 Å². The van der Waals surface area contributed by atoms with Gasteiger partial charge < -0.3 is 19.3 Å². The van der Waals surface area contributed by atoms with Crippen LogP contribution in [-0.2, 0) is 6.54 Å². The summed E-state index contributed by atoms with van der Waals surface area (Å²) in [7, 11) is 0. The number of carbonyl (C=O) groups excluding carboxylic acids is 1. The van der Waals surface area contributed by atoms with E-state index in [-0.39, 0.29) is 11.5 Å². The van der Waals surface area contributed by atoms with Gasteiger partial charge in [0.1, 0.15) is 17.8 Å². The molecule has 1 N–H and O–H groups in total. The van der Waals surface area contributed by atoms with Crippen molar-refractivity contribution in [3.63, 3.8) is 0 Å². The predicted octanol–water partition coefficient (Wildman–Crippen LogP) is 4.04. The minimum absolute atomic E-state index is 0.151. The first-order chi connectivity index (χ1) is 17.8. The van der Waals surface area contributed by atoms with Gasteiger partial charge in [0.05, 0.1) is 23.4 Å². The first-order valence-corrected chi connectivity index (χ1v) is 12.8. The average Bonchev–Trinajstić information content (AvgIpc) is 3.26. The van der Waals surface area contributed by atoms with E-state index in [4.69, 9.17) is 21.3 Å². The van der Waals surface area contributed by atoms with E-state index in [1.165, 1.54) is 6.33 Å². The van der Waals surface area contributed by atoms with Gasteiger partial charge in [-0.2, -0.15) is 4.98 Å². The molecule has 3 aromatic heterocycles. The zero-order valence-corrected chi connectivity index (χ0v) is 21.4. The normalized spacial score (nSPS) is 18.4. The Hall–Kier alpha value is -3.56. The van der Waals surface area contributed by atoms with E-state index in [1.54, 1.807) is 29.3 Å². The molecule has 1 saturated heterocycles. The number of carbonyl (C=O) groups is 1. The van der Waals surface area contributed by atoms with Crippen molar-refractivity contribution in [2.24, 2.45) is 0 Å². The van der Waals surface area contributed by atoms with Gasteiger partial charge >= 0.3 is 0 Å². The molecule has 190 valence electrons. The Balaban J connectivity index is 1.44. The standard InChI is InChI=1S/C27H27ClN6O3/c1-16-5-9-29-18(11-16)13-34-23(32-22-24(34)30-15-31-25(22)37-27(2)7-8-27)20-4-3-17(12-21(20)28)26(36)33-10-6-19(35)14-33/h3-5,9,11-12,15,19,35H,6-8,10,13-14H2,1-2H3/t19-/m1/s1. The smallest absolute Gasteiger partial charge is 0.253 e. The number of pyridine rings is 1. The number of imidazole rings is 1. The van der Waals surface area contributed by atoms with Crippen LogP contribution in [0.15, 0.2) is 42.9 Å². The van der Waals surface area contributed by atoms with Crippen LogP contribution in [0.1, 0.15) is 47.8 Å². The van der Waals surface area contributed by atoms with Crippen molar-refractivity contribution < 1.29 is 14.6 Å². The summed E-state index contributed by atoms with van der Waals surface area (Å²) in [6.45, 7) is 5.36. The summed E-state index contributed by atoms with van der Waals surface area (Å²) in [4.78, 5) is 33.0. The van der Waals surface area contributed by atoms with Crippen molar-refractivity contribution >= 4 is 28.7 Å². The number of nitrogens with zero attached hydrogens (tertiary/aromatic N) is 6. The lowest BCUT2D eigenvalue weighted by Crippen LogP contribution is -2.29. The van der Waals surface area contributed by atoms with E-state index in [9.17, 15) is 9.90 Å². The molecule has 1 aliphatic heterocycles. The highest BCUT2D eigenvalue weighted by atomic mass is 35.5. The van der Waals surface area contributed by atoms with Gasteiger partial charge in [0.25, 0.3) is 5.91 Å². The Morgan fingerprint density at radius 2 is 2.05 bits per heavy atom. The number of β-amino-alcohol motifs (C(OH)–C–C–N with tert-alkyl or cyclic N) is 1. The molecule has 0 unspecified atom stereocenters. The van der Waals surface area contributed by atoms with Gasteiger partial charge in [-0.15, -0.1) is 0 Å². The van der Waals surface area contributed by atoms with Gasteiger partial charge in [-0.1, -0.05) is 11.6 Å². The molecule has 6 rings (SSSR count). The Bertz CT molecular complexity index is 1520. The van der Waals surface area contributed by atoms with Crippen LogP contribution in [0, 0.1) is 6.92 Å². The fourth-order valence-electron chi connectivity index (χ4n) is 4.64. The third kappa shape index (κ3) is 4.65. The van der Waals surface area contributed by atoms with Crippen LogP contribution in [0.25, 0.3) is 22.6 Å². The number of hydrogen-bond donors (Lipinski definition) is 1. The number of ether oxygens (including phenoxy) is 1. The lowest BCUT2D eigenvalue weighted by molar-refractivity contribution is 0.0765. The number of benzene rings is 1. The summed E-state index contributed by atoms with van der Waals surface area (Å²) in [6.07, 6.45) is 5.30. The molecule has 10 heteroatoms. The second-order valence-corrected chi connectivity index (χ2v) is 10.5. The topological polar surface area (TPSA) is 106 Å². The SMILES string of the molecule is Cc1ccnc(Cn2c(-c3ccc(C(=O)N4CC[C@@H](O)C4)cc3Cl)nc3c(OC4(C)CC4)ncnc32)c1. The maximum absolute atomic E-state index is 12.9. The number of likely N-dealkylation sites (tertiary alicyclic amines) is 1. The molecule has 2 fully saturated rings. The molecule has 1 amide bonds. The molecular weight excluding hydrogens is 492 g/mol. The minimum Gasteiger partial charge on any atom is -0.470 e. The van der Waals surface area contributed by atoms with Crippen LogP contribution in [0.4, 0.5) is 0 Å². The Morgan fingerprint density at radius 3 is 2.76 bits per heavy atom. The van der Waals surface area contributed by atoms with Crippen LogP contribution in [0.5, 0.6) is 5.88 Å². The van der Waals surface area contributed by atoms with Crippen LogP contribution in [-0.4, -0.2) is 65.2 Å². The largest absolute Gasteiger partial charge is 0.470 e. The number of aliphatic hydroxyl groups is 1. The molecule has 0 radical (unpaired) electrons. The van der Waals surface area contributed by atoms with Crippen LogP contribution < -0.4 is 4.74 Å². The summed E-state index contributed by atoms with van der Waals surface area (Å²) in [5, 5.41) is 10.2. The monoisotopic (exact) mass is 518 g/mol. The van der Waals surface area contributed by atoms with E-state index in [2.05, 4.69) is 21.9 Å². The Morgan fingerprint density at radius 1 is 1.22 bits per heavy atom. The number of amides is 1. The van der Waals surface area contributed by atoms with Gasteiger partial charge in [-0.3, -0.25) is 9.78 Å². The molecule has 37 heavy (non-hydrogen) atoms. The summed E-state index contributed by atoms with van der Waals surface area (Å²) in [5.74, 6) is 0.879. The fraction of sp³-hybridized carbons (Fsp3) is 0.370. The van der Waals surface area contributed by atoms with Crippen molar-refractivity contribution in [3.8, 4) is 17.3 Å². The van der Waals surface area contributed by atoms with Gasteiger partial charge in [-0.05, 0) is 69.0 Å². The number of halogens is 1. The second kappa shape index (κ2) is 9.08. The van der Waals surface area contributed by atoms with Gasteiger partial charge in [-0.25, -0.2) is 9.97 Å². The first kappa shape index (κ1) is 23.8. The molecule has 1 aromatic carbocycles. The lowest BCUT2D eigenvalue weighted by atomic mass is 10.1. The van der Waals surface area contributed by atoms with Gasteiger partial charge in [0.15, 0.2) is 11.2 Å². The van der Waals surface area contributed by atoms with E-state index in [1.807, 2.05) is 23.6 Å². The number of aliphatic hydroxyl groups excluding tert-OH is 1. The number of rotatable bonds is 6. The number of hydrogen-bond acceptors (Lipinski definition) is 7. The highest BCUT2D eigenvalue weighted by Crippen LogP contribution is 2.41. The van der Waals surface area contributed by atoms with E-state index in [0.29, 0.717) is 65.1 Å². The van der Waals surface area contributed by atoms with Crippen molar-refractivity contribution in [1.82, 2.24) is 29.4 Å². The lowest BCUT2D eigenvalue weighted by Gasteiger charge is -2.16. The zero-order chi connectivity index (χ0) is 25.7. The molecular formula is C27H27ClN6O3. The molecule has 2 aliphatic rings. The second-order valence-electron chi connectivity index (χ2n) is 10.1. The number of fused-ring (bicyclic) bond motifs is 1. The van der Waals surface area contributed by atoms with Crippen molar-refractivity contribution in [1.29, 1.82) is 0 Å².